The number of rotatable bonds is 3. The lowest BCUT2D eigenvalue weighted by Gasteiger charge is -2.39. The molecular formula is C14H21ClN2. The summed E-state index contributed by atoms with van der Waals surface area (Å²) in [5.41, 5.74) is 1.10. The van der Waals surface area contributed by atoms with Crippen molar-refractivity contribution in [3.63, 3.8) is 0 Å². The van der Waals surface area contributed by atoms with Gasteiger partial charge in [-0.15, -0.1) is 11.6 Å². The molecule has 0 aliphatic heterocycles. The van der Waals surface area contributed by atoms with Gasteiger partial charge in [0.05, 0.1) is 5.54 Å². The zero-order chi connectivity index (χ0) is 12.3. The van der Waals surface area contributed by atoms with Gasteiger partial charge in [0.2, 0.25) is 0 Å². The van der Waals surface area contributed by atoms with Crippen LogP contribution in [0.15, 0.2) is 18.2 Å². The van der Waals surface area contributed by atoms with Gasteiger partial charge in [0.1, 0.15) is 5.82 Å². The van der Waals surface area contributed by atoms with Crippen LogP contribution in [0.3, 0.4) is 0 Å². The number of nitrogens with one attached hydrogen (secondary N) is 1. The number of hydrogen-bond donors (Lipinski definition) is 1. The average molecular weight is 253 g/mol. The summed E-state index contributed by atoms with van der Waals surface area (Å²) in [5.74, 6) is 2.45. The highest BCUT2D eigenvalue weighted by Crippen LogP contribution is 2.35. The van der Waals surface area contributed by atoms with Crippen molar-refractivity contribution in [3.05, 3.63) is 23.9 Å². The van der Waals surface area contributed by atoms with Crippen LogP contribution in [0, 0.1) is 12.8 Å². The van der Waals surface area contributed by atoms with Crippen molar-refractivity contribution < 1.29 is 0 Å². The Kier molecular flexibility index (Phi) is 3.93. The number of anilines is 1. The van der Waals surface area contributed by atoms with Gasteiger partial charge in [0, 0.05) is 11.6 Å². The molecular weight excluding hydrogens is 232 g/mol. The third kappa shape index (κ3) is 3.12. The van der Waals surface area contributed by atoms with Crippen LogP contribution in [0.1, 0.15) is 38.3 Å². The summed E-state index contributed by atoms with van der Waals surface area (Å²) in [6.07, 6.45) is 4.80. The van der Waals surface area contributed by atoms with Crippen molar-refractivity contribution in [2.45, 2.75) is 45.1 Å². The van der Waals surface area contributed by atoms with Gasteiger partial charge in [-0.1, -0.05) is 13.0 Å². The lowest BCUT2D eigenvalue weighted by Crippen LogP contribution is -2.43. The Morgan fingerprint density at radius 2 is 2.12 bits per heavy atom. The van der Waals surface area contributed by atoms with E-state index in [0.717, 1.165) is 30.3 Å². The molecule has 0 amide bonds. The molecule has 1 N–H and O–H groups in total. The molecule has 1 aromatic rings. The third-order valence-corrected chi connectivity index (χ3v) is 4.28. The van der Waals surface area contributed by atoms with Gasteiger partial charge >= 0.3 is 0 Å². The van der Waals surface area contributed by atoms with E-state index in [-0.39, 0.29) is 5.54 Å². The molecule has 0 aromatic carbocycles. The first-order valence-electron chi connectivity index (χ1n) is 6.41. The van der Waals surface area contributed by atoms with E-state index in [2.05, 4.69) is 17.2 Å². The van der Waals surface area contributed by atoms with Crippen molar-refractivity contribution in [1.29, 1.82) is 0 Å². The molecule has 2 nitrogen and oxygen atoms in total. The van der Waals surface area contributed by atoms with E-state index in [1.165, 1.54) is 12.8 Å². The van der Waals surface area contributed by atoms with E-state index in [4.69, 9.17) is 11.6 Å². The van der Waals surface area contributed by atoms with Gasteiger partial charge in [0.15, 0.2) is 0 Å². The number of nitrogens with zero attached hydrogens (tertiary/aromatic N) is 1. The van der Waals surface area contributed by atoms with Gasteiger partial charge in [-0.05, 0) is 50.7 Å². The van der Waals surface area contributed by atoms with Crippen molar-refractivity contribution in [2.75, 3.05) is 11.2 Å². The largest absolute Gasteiger partial charge is 0.363 e. The van der Waals surface area contributed by atoms with Crippen LogP contribution in [-0.2, 0) is 0 Å². The van der Waals surface area contributed by atoms with Crippen LogP contribution in [0.5, 0.6) is 0 Å². The number of aryl methyl sites for hydroxylation is 1. The predicted molar refractivity (Wildman–Crippen MR) is 73.7 cm³/mol. The normalized spacial score (nSPS) is 29.0. The topological polar surface area (TPSA) is 24.9 Å². The quantitative estimate of drug-likeness (QED) is 0.823. The molecule has 1 aliphatic rings. The summed E-state index contributed by atoms with van der Waals surface area (Å²) >= 11 is 6.18. The Bertz CT molecular complexity index is 370. The summed E-state index contributed by atoms with van der Waals surface area (Å²) in [6, 6.07) is 6.08. The molecule has 1 aromatic heterocycles. The van der Waals surface area contributed by atoms with Crippen molar-refractivity contribution in [3.8, 4) is 0 Å². The van der Waals surface area contributed by atoms with E-state index < -0.39 is 0 Å². The minimum Gasteiger partial charge on any atom is -0.363 e. The first-order valence-corrected chi connectivity index (χ1v) is 6.95. The molecule has 1 fully saturated rings. The second kappa shape index (κ2) is 5.26. The number of aromatic nitrogens is 1. The van der Waals surface area contributed by atoms with Crippen molar-refractivity contribution in [1.82, 2.24) is 4.98 Å². The van der Waals surface area contributed by atoms with Gasteiger partial charge in [0.25, 0.3) is 0 Å². The van der Waals surface area contributed by atoms with Crippen LogP contribution < -0.4 is 5.32 Å². The Balaban J connectivity index is 2.09. The SMILES string of the molecule is Cc1cccc(NC2(CCl)CCC(C)CC2)n1. The Morgan fingerprint density at radius 3 is 2.71 bits per heavy atom. The van der Waals surface area contributed by atoms with E-state index in [0.29, 0.717) is 5.88 Å². The first kappa shape index (κ1) is 12.7. The van der Waals surface area contributed by atoms with E-state index in [1.54, 1.807) is 0 Å². The van der Waals surface area contributed by atoms with Crippen LogP contribution in [-0.4, -0.2) is 16.4 Å². The smallest absolute Gasteiger partial charge is 0.126 e. The summed E-state index contributed by atoms with van der Waals surface area (Å²) < 4.78 is 0. The first-order chi connectivity index (χ1) is 8.13. The molecule has 0 radical (unpaired) electrons. The van der Waals surface area contributed by atoms with Crippen LogP contribution in [0.25, 0.3) is 0 Å². The molecule has 2 rings (SSSR count). The second-order valence-corrected chi connectivity index (χ2v) is 5.65. The standard InChI is InChI=1S/C14H21ClN2/c1-11-6-8-14(10-15,9-7-11)17-13-5-3-4-12(2)16-13/h3-5,11H,6-10H2,1-2H3,(H,16,17). The molecule has 0 spiro atoms. The summed E-state index contributed by atoms with van der Waals surface area (Å²) in [4.78, 5) is 4.51. The summed E-state index contributed by atoms with van der Waals surface area (Å²) in [7, 11) is 0. The molecule has 17 heavy (non-hydrogen) atoms. The average Bonchev–Trinajstić information content (AvgIpc) is 2.33. The van der Waals surface area contributed by atoms with Gasteiger partial charge in [-0.2, -0.15) is 0 Å². The highest BCUT2D eigenvalue weighted by atomic mass is 35.5. The number of hydrogen-bond acceptors (Lipinski definition) is 2. The third-order valence-electron chi connectivity index (χ3n) is 3.77. The van der Waals surface area contributed by atoms with Crippen LogP contribution in [0.2, 0.25) is 0 Å². The summed E-state index contributed by atoms with van der Waals surface area (Å²) in [5, 5.41) is 3.56. The van der Waals surface area contributed by atoms with E-state index in [9.17, 15) is 0 Å². The molecule has 0 bridgehead atoms. The molecule has 0 atom stereocenters. The Labute approximate surface area is 109 Å². The van der Waals surface area contributed by atoms with E-state index in [1.807, 2.05) is 25.1 Å². The minimum absolute atomic E-state index is 0.0505. The molecule has 1 heterocycles. The van der Waals surface area contributed by atoms with Gasteiger partial charge in [-0.3, -0.25) is 0 Å². The maximum atomic E-state index is 6.18. The fourth-order valence-corrected chi connectivity index (χ4v) is 2.83. The summed E-state index contributed by atoms with van der Waals surface area (Å²) in [6.45, 7) is 4.34. The predicted octanol–water partition coefficient (Wildman–Crippen LogP) is 3.99. The fourth-order valence-electron chi connectivity index (χ4n) is 2.49. The zero-order valence-corrected chi connectivity index (χ0v) is 11.4. The van der Waals surface area contributed by atoms with Crippen molar-refractivity contribution in [2.24, 2.45) is 5.92 Å². The second-order valence-electron chi connectivity index (χ2n) is 5.39. The Morgan fingerprint density at radius 1 is 1.41 bits per heavy atom. The maximum absolute atomic E-state index is 6.18. The van der Waals surface area contributed by atoms with Gasteiger partial charge in [-0.25, -0.2) is 4.98 Å². The Hall–Kier alpha value is -0.760. The fraction of sp³-hybridized carbons (Fsp3) is 0.643. The molecule has 0 unspecified atom stereocenters. The lowest BCUT2D eigenvalue weighted by molar-refractivity contribution is 0.286. The lowest BCUT2D eigenvalue weighted by atomic mass is 9.78. The highest BCUT2D eigenvalue weighted by molar-refractivity contribution is 6.18. The number of alkyl halides is 1. The minimum atomic E-state index is 0.0505. The number of halogens is 1. The molecule has 1 aliphatic carbocycles. The van der Waals surface area contributed by atoms with Crippen LogP contribution in [0.4, 0.5) is 5.82 Å². The maximum Gasteiger partial charge on any atom is 0.126 e. The number of pyridine rings is 1. The highest BCUT2D eigenvalue weighted by Gasteiger charge is 2.33. The van der Waals surface area contributed by atoms with Gasteiger partial charge < -0.3 is 5.32 Å². The molecule has 3 heteroatoms. The molecule has 0 saturated heterocycles. The van der Waals surface area contributed by atoms with Crippen molar-refractivity contribution >= 4 is 17.4 Å². The molecule has 94 valence electrons. The van der Waals surface area contributed by atoms with Crippen LogP contribution >= 0.6 is 11.6 Å². The van der Waals surface area contributed by atoms with E-state index >= 15 is 0 Å². The monoisotopic (exact) mass is 252 g/mol. The molecule has 1 saturated carbocycles. The zero-order valence-electron chi connectivity index (χ0n) is 10.7.